The van der Waals surface area contributed by atoms with Crippen LogP contribution in [0.15, 0.2) is 46.2 Å². The van der Waals surface area contributed by atoms with E-state index in [0.717, 1.165) is 5.56 Å². The number of amides is 2. The number of hydrogen-bond donors (Lipinski definition) is 3. The standard InChI is InChI=1S/C23H23N5O2S3/c1-23(2,3)28-20(30)18-16(24)15-17(26-22(31-4)27-21(15)33-18)12-6-5-7-14(10-12)25-19(29)13-8-9-32-11-13/h5-11H,24H2,1-4H3,(H,25,29)(H,28,30). The molecule has 7 nitrogen and oxygen atoms in total. The van der Waals surface area contributed by atoms with E-state index >= 15 is 0 Å². The van der Waals surface area contributed by atoms with Crippen LogP contribution in [-0.4, -0.2) is 33.6 Å². The van der Waals surface area contributed by atoms with Crippen molar-refractivity contribution in [2.24, 2.45) is 0 Å². The van der Waals surface area contributed by atoms with Gasteiger partial charge in [0.2, 0.25) is 0 Å². The van der Waals surface area contributed by atoms with Gasteiger partial charge in [-0.25, -0.2) is 9.97 Å². The lowest BCUT2D eigenvalue weighted by Gasteiger charge is -2.20. The first kappa shape index (κ1) is 23.2. The van der Waals surface area contributed by atoms with E-state index in [2.05, 4.69) is 15.6 Å². The molecule has 0 bridgehead atoms. The van der Waals surface area contributed by atoms with E-state index in [1.54, 1.807) is 11.4 Å². The lowest BCUT2D eigenvalue weighted by Crippen LogP contribution is -2.40. The van der Waals surface area contributed by atoms with Crippen LogP contribution < -0.4 is 16.4 Å². The highest BCUT2D eigenvalue weighted by atomic mass is 32.2. The van der Waals surface area contributed by atoms with E-state index in [0.29, 0.717) is 42.9 Å². The average molecular weight is 498 g/mol. The van der Waals surface area contributed by atoms with E-state index in [1.165, 1.54) is 34.4 Å². The zero-order chi connectivity index (χ0) is 23.8. The Bertz CT molecular complexity index is 1340. The Balaban J connectivity index is 1.78. The number of anilines is 2. The van der Waals surface area contributed by atoms with Gasteiger partial charge in [0.1, 0.15) is 9.71 Å². The van der Waals surface area contributed by atoms with Gasteiger partial charge in [0.25, 0.3) is 11.8 Å². The third-order valence-corrected chi connectivity index (χ3v) is 6.95. The van der Waals surface area contributed by atoms with Crippen molar-refractivity contribution in [2.45, 2.75) is 31.5 Å². The van der Waals surface area contributed by atoms with Crippen molar-refractivity contribution in [1.29, 1.82) is 0 Å². The normalized spacial score (nSPS) is 11.5. The maximum Gasteiger partial charge on any atom is 0.263 e. The number of rotatable bonds is 5. The average Bonchev–Trinajstić information content (AvgIpc) is 3.41. The third-order valence-electron chi connectivity index (χ3n) is 4.62. The SMILES string of the molecule is CSc1nc(-c2cccc(NC(=O)c3ccsc3)c2)c2c(N)c(C(=O)NC(C)(C)C)sc2n1. The lowest BCUT2D eigenvalue weighted by molar-refractivity contribution is 0.0924. The fourth-order valence-corrected chi connectivity index (χ4v) is 5.26. The molecular formula is C23H23N5O2S3. The molecule has 1 aromatic carbocycles. The first-order chi connectivity index (χ1) is 15.7. The van der Waals surface area contributed by atoms with Gasteiger partial charge in [0, 0.05) is 22.2 Å². The summed E-state index contributed by atoms with van der Waals surface area (Å²) in [5.74, 6) is -0.418. The summed E-state index contributed by atoms with van der Waals surface area (Å²) in [6, 6.07) is 9.20. The Labute approximate surface area is 203 Å². The molecule has 0 aliphatic rings. The van der Waals surface area contributed by atoms with Crippen molar-refractivity contribution in [3.63, 3.8) is 0 Å². The van der Waals surface area contributed by atoms with Crippen LogP contribution >= 0.6 is 34.4 Å². The molecule has 0 fully saturated rings. The molecule has 3 heterocycles. The second kappa shape index (κ2) is 9.12. The molecule has 4 aromatic rings. The number of benzene rings is 1. The Kier molecular flexibility index (Phi) is 6.42. The summed E-state index contributed by atoms with van der Waals surface area (Å²) >= 11 is 4.14. The summed E-state index contributed by atoms with van der Waals surface area (Å²) in [6.07, 6.45) is 1.90. The molecule has 170 valence electrons. The van der Waals surface area contributed by atoms with Gasteiger partial charge in [-0.3, -0.25) is 9.59 Å². The smallest absolute Gasteiger partial charge is 0.263 e. The van der Waals surface area contributed by atoms with Crippen LogP contribution in [0.4, 0.5) is 11.4 Å². The molecule has 0 saturated heterocycles. The molecule has 0 saturated carbocycles. The quantitative estimate of drug-likeness (QED) is 0.248. The predicted molar refractivity (Wildman–Crippen MR) is 139 cm³/mol. The molecule has 0 atom stereocenters. The van der Waals surface area contributed by atoms with Crippen molar-refractivity contribution in [3.05, 3.63) is 51.5 Å². The second-order valence-electron chi connectivity index (χ2n) is 8.34. The predicted octanol–water partition coefficient (Wildman–Crippen LogP) is 5.50. The molecule has 33 heavy (non-hydrogen) atoms. The van der Waals surface area contributed by atoms with E-state index < -0.39 is 5.54 Å². The fraction of sp³-hybridized carbons (Fsp3) is 0.217. The highest BCUT2D eigenvalue weighted by Crippen LogP contribution is 2.40. The molecule has 2 amide bonds. The van der Waals surface area contributed by atoms with Crippen molar-refractivity contribution in [1.82, 2.24) is 15.3 Å². The third kappa shape index (κ3) is 5.02. The lowest BCUT2D eigenvalue weighted by atomic mass is 10.1. The van der Waals surface area contributed by atoms with Crippen LogP contribution in [0, 0.1) is 0 Å². The van der Waals surface area contributed by atoms with Gasteiger partial charge in [0.15, 0.2) is 5.16 Å². The molecule has 3 aromatic heterocycles. The Morgan fingerprint density at radius 3 is 2.58 bits per heavy atom. The van der Waals surface area contributed by atoms with E-state index in [1.807, 2.05) is 56.7 Å². The Morgan fingerprint density at radius 1 is 1.12 bits per heavy atom. The zero-order valence-electron chi connectivity index (χ0n) is 18.6. The van der Waals surface area contributed by atoms with Gasteiger partial charge in [-0.05, 0) is 50.6 Å². The summed E-state index contributed by atoms with van der Waals surface area (Å²) in [4.78, 5) is 35.7. The van der Waals surface area contributed by atoms with E-state index in [-0.39, 0.29) is 11.8 Å². The molecular weight excluding hydrogens is 474 g/mol. The number of nitrogens with zero attached hydrogens (tertiary/aromatic N) is 2. The number of fused-ring (bicyclic) bond motifs is 1. The summed E-state index contributed by atoms with van der Waals surface area (Å²) in [7, 11) is 0. The molecule has 10 heteroatoms. The minimum Gasteiger partial charge on any atom is -0.397 e. The Morgan fingerprint density at radius 2 is 1.91 bits per heavy atom. The van der Waals surface area contributed by atoms with Gasteiger partial charge in [-0.15, -0.1) is 11.3 Å². The van der Waals surface area contributed by atoms with E-state index in [4.69, 9.17) is 10.7 Å². The van der Waals surface area contributed by atoms with Gasteiger partial charge >= 0.3 is 0 Å². The monoisotopic (exact) mass is 497 g/mol. The second-order valence-corrected chi connectivity index (χ2v) is 10.9. The van der Waals surface area contributed by atoms with Gasteiger partial charge in [-0.2, -0.15) is 11.3 Å². The first-order valence-corrected chi connectivity index (χ1v) is 13.0. The van der Waals surface area contributed by atoms with Crippen molar-refractivity contribution in [2.75, 3.05) is 17.3 Å². The maximum atomic E-state index is 12.9. The Hall–Kier alpha value is -2.95. The first-order valence-electron chi connectivity index (χ1n) is 10.1. The summed E-state index contributed by atoms with van der Waals surface area (Å²) < 4.78 is 0. The minimum atomic E-state index is -0.395. The molecule has 0 aliphatic carbocycles. The molecule has 0 radical (unpaired) electrons. The number of thioether (sulfide) groups is 1. The topological polar surface area (TPSA) is 110 Å². The number of carbonyl (C=O) groups is 2. The number of aromatic nitrogens is 2. The van der Waals surface area contributed by atoms with Crippen LogP contribution in [0.25, 0.3) is 21.5 Å². The molecule has 0 spiro atoms. The van der Waals surface area contributed by atoms with E-state index in [9.17, 15) is 9.59 Å². The number of hydrogen-bond acceptors (Lipinski definition) is 8. The number of nitrogen functional groups attached to an aromatic ring is 1. The molecule has 0 unspecified atom stereocenters. The van der Waals surface area contributed by atoms with Crippen LogP contribution in [0.2, 0.25) is 0 Å². The van der Waals surface area contributed by atoms with Crippen LogP contribution in [0.1, 0.15) is 40.8 Å². The highest BCUT2D eigenvalue weighted by Gasteiger charge is 2.24. The summed E-state index contributed by atoms with van der Waals surface area (Å²) in [6.45, 7) is 5.75. The van der Waals surface area contributed by atoms with Crippen LogP contribution in [-0.2, 0) is 0 Å². The van der Waals surface area contributed by atoms with Gasteiger partial charge in [0.05, 0.1) is 22.3 Å². The zero-order valence-corrected chi connectivity index (χ0v) is 21.0. The number of nitrogens with two attached hydrogens (primary N) is 1. The van der Waals surface area contributed by atoms with Crippen molar-refractivity contribution >= 4 is 67.8 Å². The molecule has 4 N–H and O–H groups in total. The maximum absolute atomic E-state index is 12.9. The molecule has 4 rings (SSSR count). The number of nitrogens with one attached hydrogen (secondary N) is 2. The number of carbonyl (C=O) groups excluding carboxylic acids is 2. The van der Waals surface area contributed by atoms with Gasteiger partial charge in [-0.1, -0.05) is 23.9 Å². The fourth-order valence-electron chi connectivity index (χ4n) is 3.21. The largest absolute Gasteiger partial charge is 0.397 e. The summed E-state index contributed by atoms with van der Waals surface area (Å²) in [5, 5.41) is 10.8. The highest BCUT2D eigenvalue weighted by molar-refractivity contribution is 7.98. The number of thiophene rings is 2. The minimum absolute atomic E-state index is 0.178. The summed E-state index contributed by atoms with van der Waals surface area (Å²) in [5.41, 5.74) is 9.07. The van der Waals surface area contributed by atoms with Crippen LogP contribution in [0.5, 0.6) is 0 Å². The van der Waals surface area contributed by atoms with Crippen molar-refractivity contribution < 1.29 is 9.59 Å². The van der Waals surface area contributed by atoms with Crippen LogP contribution in [0.3, 0.4) is 0 Å². The van der Waals surface area contributed by atoms with Crippen molar-refractivity contribution in [3.8, 4) is 11.3 Å². The van der Waals surface area contributed by atoms with Gasteiger partial charge < -0.3 is 16.4 Å². The molecule has 0 aliphatic heterocycles.